The fourth-order valence-corrected chi connectivity index (χ4v) is 3.66. The minimum Gasteiger partial charge on any atom is -0.467 e. The predicted octanol–water partition coefficient (Wildman–Crippen LogP) is 1.54. The molecule has 7 nitrogen and oxygen atoms in total. The van der Waals surface area contributed by atoms with E-state index in [1.165, 1.54) is 0 Å². The molecule has 1 atom stereocenters. The van der Waals surface area contributed by atoms with Crippen molar-refractivity contribution in [3.05, 3.63) is 59.5 Å². The highest BCUT2D eigenvalue weighted by Crippen LogP contribution is 2.24. The average molecular weight is 367 g/mol. The van der Waals surface area contributed by atoms with Crippen molar-refractivity contribution in [1.29, 1.82) is 0 Å². The van der Waals surface area contributed by atoms with Gasteiger partial charge in [-0.3, -0.25) is 14.4 Å². The molecule has 0 spiro atoms. The summed E-state index contributed by atoms with van der Waals surface area (Å²) < 4.78 is 5.19. The Labute approximate surface area is 156 Å². The smallest absolute Gasteiger partial charge is 0.251 e. The third-order valence-electron chi connectivity index (χ3n) is 5.09. The Morgan fingerprint density at radius 1 is 1.19 bits per heavy atom. The van der Waals surface area contributed by atoms with Gasteiger partial charge in [-0.05, 0) is 42.7 Å². The van der Waals surface area contributed by atoms with E-state index >= 15 is 0 Å². The van der Waals surface area contributed by atoms with Crippen molar-refractivity contribution in [3.8, 4) is 0 Å². The first-order valence-electron chi connectivity index (χ1n) is 9.09. The number of furan rings is 1. The molecule has 27 heavy (non-hydrogen) atoms. The summed E-state index contributed by atoms with van der Waals surface area (Å²) in [6.45, 7) is 1.52. The first kappa shape index (κ1) is 17.3. The van der Waals surface area contributed by atoms with Gasteiger partial charge in [0.25, 0.3) is 5.91 Å². The van der Waals surface area contributed by atoms with E-state index in [0.717, 1.165) is 18.4 Å². The number of carbonyl (C=O) groups excluding carboxylic acids is 3. The Morgan fingerprint density at radius 2 is 2.00 bits per heavy atom. The highest BCUT2D eigenvalue weighted by molar-refractivity contribution is 5.95. The summed E-state index contributed by atoms with van der Waals surface area (Å²) in [6, 6.07) is 10.4. The summed E-state index contributed by atoms with van der Waals surface area (Å²) in [5, 5.41) is 2.79. The maximum atomic E-state index is 12.6. The molecule has 2 aliphatic heterocycles. The van der Waals surface area contributed by atoms with Gasteiger partial charge < -0.3 is 19.5 Å². The largest absolute Gasteiger partial charge is 0.467 e. The topological polar surface area (TPSA) is 82.9 Å². The number of fused-ring (bicyclic) bond motifs is 1. The molecule has 0 bridgehead atoms. The number of nitrogens with one attached hydrogen (secondary N) is 1. The van der Waals surface area contributed by atoms with Crippen LogP contribution in [0.3, 0.4) is 0 Å². The molecule has 1 aromatic carbocycles. The van der Waals surface area contributed by atoms with E-state index in [4.69, 9.17) is 4.42 Å². The molecule has 0 radical (unpaired) electrons. The fraction of sp³-hybridized carbons (Fsp3) is 0.350. The molecule has 0 unspecified atom stereocenters. The summed E-state index contributed by atoms with van der Waals surface area (Å²) in [4.78, 5) is 40.3. The second-order valence-electron chi connectivity index (χ2n) is 6.90. The number of hydrogen-bond donors (Lipinski definition) is 1. The first-order chi connectivity index (χ1) is 13.1. The van der Waals surface area contributed by atoms with E-state index in [0.29, 0.717) is 31.0 Å². The molecule has 140 valence electrons. The zero-order valence-electron chi connectivity index (χ0n) is 14.9. The van der Waals surface area contributed by atoms with Crippen LogP contribution >= 0.6 is 0 Å². The van der Waals surface area contributed by atoms with Crippen molar-refractivity contribution in [1.82, 2.24) is 15.1 Å². The molecular formula is C20H21N3O4. The Balaban J connectivity index is 1.37. The predicted molar refractivity (Wildman–Crippen MR) is 96.5 cm³/mol. The molecule has 7 heteroatoms. The van der Waals surface area contributed by atoms with Gasteiger partial charge in [0.1, 0.15) is 18.3 Å². The highest BCUT2D eigenvalue weighted by Gasteiger charge is 2.41. The van der Waals surface area contributed by atoms with E-state index in [9.17, 15) is 14.4 Å². The lowest BCUT2D eigenvalue weighted by molar-refractivity contribution is -0.154. The van der Waals surface area contributed by atoms with Crippen molar-refractivity contribution < 1.29 is 18.8 Å². The number of carbonyl (C=O) groups is 3. The van der Waals surface area contributed by atoms with Crippen LogP contribution in [0.2, 0.25) is 0 Å². The van der Waals surface area contributed by atoms with Gasteiger partial charge in [0.05, 0.1) is 12.8 Å². The molecule has 1 aromatic heterocycles. The van der Waals surface area contributed by atoms with Crippen molar-refractivity contribution >= 4 is 17.7 Å². The van der Waals surface area contributed by atoms with E-state index in [1.54, 1.807) is 40.3 Å². The number of hydrogen-bond acceptors (Lipinski definition) is 4. The van der Waals surface area contributed by atoms with Gasteiger partial charge >= 0.3 is 0 Å². The lowest BCUT2D eigenvalue weighted by Crippen LogP contribution is -2.56. The van der Waals surface area contributed by atoms with E-state index in [-0.39, 0.29) is 30.3 Å². The maximum Gasteiger partial charge on any atom is 0.251 e. The molecule has 2 aliphatic rings. The van der Waals surface area contributed by atoms with E-state index in [1.807, 2.05) is 12.1 Å². The first-order valence-corrected chi connectivity index (χ1v) is 9.09. The van der Waals surface area contributed by atoms with E-state index < -0.39 is 0 Å². The molecule has 3 heterocycles. The molecule has 0 aliphatic carbocycles. The third kappa shape index (κ3) is 3.58. The molecule has 2 saturated heterocycles. The monoisotopic (exact) mass is 367 g/mol. The normalized spacial score (nSPS) is 19.3. The van der Waals surface area contributed by atoms with Crippen LogP contribution in [0, 0.1) is 0 Å². The standard InChI is InChI=1S/C20H21N3O4/c24-18-13-22(20(26)17-4-1-9-23(17)18)12-14-5-7-15(8-6-14)19(25)21-11-16-3-2-10-27-16/h2-3,5-8,10,17H,1,4,9,11-13H2,(H,21,25)/t17-/m0/s1. The van der Waals surface area contributed by atoms with Crippen LogP contribution in [0.15, 0.2) is 47.1 Å². The number of piperazine rings is 1. The fourth-order valence-electron chi connectivity index (χ4n) is 3.66. The van der Waals surface area contributed by atoms with Crippen molar-refractivity contribution in [2.75, 3.05) is 13.1 Å². The van der Waals surface area contributed by atoms with Crippen molar-refractivity contribution in [2.24, 2.45) is 0 Å². The second-order valence-corrected chi connectivity index (χ2v) is 6.90. The zero-order chi connectivity index (χ0) is 18.8. The summed E-state index contributed by atoms with van der Waals surface area (Å²) in [5.74, 6) is 0.538. The van der Waals surface area contributed by atoms with Gasteiger partial charge in [-0.1, -0.05) is 12.1 Å². The Kier molecular flexibility index (Phi) is 4.66. The van der Waals surface area contributed by atoms with Gasteiger partial charge in [0.2, 0.25) is 11.8 Å². The minimum atomic E-state index is -0.294. The Bertz CT molecular complexity index is 845. The van der Waals surface area contributed by atoms with Gasteiger partial charge in [-0.2, -0.15) is 0 Å². The quantitative estimate of drug-likeness (QED) is 0.869. The molecule has 2 aromatic rings. The van der Waals surface area contributed by atoms with Gasteiger partial charge in [0, 0.05) is 18.7 Å². The van der Waals surface area contributed by atoms with Crippen LogP contribution in [-0.4, -0.2) is 46.7 Å². The molecule has 4 rings (SSSR count). The molecule has 2 fully saturated rings. The van der Waals surface area contributed by atoms with Crippen LogP contribution in [0.5, 0.6) is 0 Å². The molecule has 1 N–H and O–H groups in total. The van der Waals surface area contributed by atoms with Crippen LogP contribution < -0.4 is 5.32 Å². The van der Waals surface area contributed by atoms with E-state index in [2.05, 4.69) is 5.32 Å². The van der Waals surface area contributed by atoms with Crippen LogP contribution in [-0.2, 0) is 22.7 Å². The second kappa shape index (κ2) is 7.26. The lowest BCUT2D eigenvalue weighted by Gasteiger charge is -2.36. The molecular weight excluding hydrogens is 346 g/mol. The summed E-state index contributed by atoms with van der Waals surface area (Å²) in [6.07, 6.45) is 3.20. The van der Waals surface area contributed by atoms with Crippen molar-refractivity contribution in [3.63, 3.8) is 0 Å². The highest BCUT2D eigenvalue weighted by atomic mass is 16.3. The number of benzene rings is 1. The minimum absolute atomic E-state index is 0.0195. The number of rotatable bonds is 5. The molecule has 3 amide bonds. The maximum absolute atomic E-state index is 12.6. The van der Waals surface area contributed by atoms with Gasteiger partial charge in [0.15, 0.2) is 0 Å². The third-order valence-corrected chi connectivity index (χ3v) is 5.09. The van der Waals surface area contributed by atoms with Crippen LogP contribution in [0.25, 0.3) is 0 Å². The van der Waals surface area contributed by atoms with Crippen molar-refractivity contribution in [2.45, 2.75) is 32.0 Å². The number of amides is 3. The van der Waals surface area contributed by atoms with Gasteiger partial charge in [-0.25, -0.2) is 0 Å². The summed E-state index contributed by atoms with van der Waals surface area (Å²) >= 11 is 0. The van der Waals surface area contributed by atoms with Crippen LogP contribution in [0.4, 0.5) is 0 Å². The molecule has 0 saturated carbocycles. The Morgan fingerprint density at radius 3 is 2.74 bits per heavy atom. The van der Waals surface area contributed by atoms with Gasteiger partial charge in [-0.15, -0.1) is 0 Å². The lowest BCUT2D eigenvalue weighted by atomic mass is 10.1. The SMILES string of the molecule is O=C(NCc1ccco1)c1ccc(CN2CC(=O)N3CCC[C@H]3C2=O)cc1. The zero-order valence-corrected chi connectivity index (χ0v) is 14.9. The average Bonchev–Trinajstić information content (AvgIpc) is 3.36. The summed E-state index contributed by atoms with van der Waals surface area (Å²) in [7, 11) is 0. The number of nitrogens with zero attached hydrogens (tertiary/aromatic N) is 2. The summed E-state index contributed by atoms with van der Waals surface area (Å²) in [5.41, 5.74) is 1.43. The van der Waals surface area contributed by atoms with Crippen LogP contribution in [0.1, 0.15) is 34.5 Å². The Hall–Kier alpha value is -3.09.